The smallest absolute Gasteiger partial charge is 0.267 e. The number of carbonyl (C=O) groups is 1. The van der Waals surface area contributed by atoms with Crippen LogP contribution >= 0.6 is 50.2 Å². The van der Waals surface area contributed by atoms with E-state index in [1.54, 1.807) is 30.3 Å². The summed E-state index contributed by atoms with van der Waals surface area (Å²) in [5.74, 6) is -0.439. The van der Waals surface area contributed by atoms with Crippen LogP contribution in [-0.4, -0.2) is 22.0 Å². The molecule has 2 aromatic heterocycles. The van der Waals surface area contributed by atoms with Crippen LogP contribution in [0.25, 0.3) is 16.3 Å². The quantitative estimate of drug-likeness (QED) is 0.115. The maximum absolute atomic E-state index is 13.0. The van der Waals surface area contributed by atoms with E-state index in [0.29, 0.717) is 20.6 Å². The molecule has 0 atom stereocenters. The second kappa shape index (κ2) is 9.70. The molecule has 0 unspecified atom stereocenters. The fourth-order valence-electron chi connectivity index (χ4n) is 2.64. The zero-order valence-corrected chi connectivity index (χ0v) is 20.0. The third-order valence-electron chi connectivity index (χ3n) is 4.13. The third kappa shape index (κ3) is 5.10. The van der Waals surface area contributed by atoms with Crippen molar-refractivity contribution < 1.29 is 9.72 Å². The van der Waals surface area contributed by atoms with Gasteiger partial charge in [0.25, 0.3) is 5.91 Å². The Morgan fingerprint density at radius 1 is 1.19 bits per heavy atom. The van der Waals surface area contributed by atoms with Gasteiger partial charge in [-0.25, -0.2) is 4.98 Å². The number of thiazole rings is 1. The molecule has 0 aliphatic rings. The monoisotopic (exact) mass is 546 g/mol. The number of anilines is 1. The predicted octanol–water partition coefficient (Wildman–Crippen LogP) is 6.76. The molecule has 1 amide bonds. The van der Waals surface area contributed by atoms with Crippen molar-refractivity contribution in [2.75, 3.05) is 5.01 Å². The molecular weight excluding hydrogens is 536 g/mol. The summed E-state index contributed by atoms with van der Waals surface area (Å²) in [7, 11) is 0. The molecule has 4 aromatic rings. The molecule has 32 heavy (non-hydrogen) atoms. The van der Waals surface area contributed by atoms with Crippen LogP contribution in [0.15, 0.2) is 70.2 Å². The van der Waals surface area contributed by atoms with E-state index in [1.807, 2.05) is 24.3 Å². The van der Waals surface area contributed by atoms with Crippen LogP contribution in [0.5, 0.6) is 0 Å². The van der Waals surface area contributed by atoms with Crippen molar-refractivity contribution in [3.05, 3.63) is 90.7 Å². The number of nitrogens with zero attached hydrogens (tertiary/aromatic N) is 4. The van der Waals surface area contributed by atoms with Gasteiger partial charge in [-0.1, -0.05) is 68.4 Å². The van der Waals surface area contributed by atoms with Crippen LogP contribution in [0.3, 0.4) is 0 Å². The number of thiophene rings is 1. The number of nitro groups is 1. The first-order chi connectivity index (χ1) is 15.4. The first kappa shape index (κ1) is 22.3. The minimum Gasteiger partial charge on any atom is -0.267 e. The van der Waals surface area contributed by atoms with E-state index in [1.165, 1.54) is 29.7 Å². The van der Waals surface area contributed by atoms with Gasteiger partial charge in [-0.3, -0.25) is 14.9 Å². The molecule has 160 valence electrons. The second-order valence-corrected chi connectivity index (χ2v) is 9.72. The molecule has 0 bridgehead atoms. The van der Waals surface area contributed by atoms with Gasteiger partial charge in [0.05, 0.1) is 26.2 Å². The molecular formula is C21H12BrClN4O3S2. The lowest BCUT2D eigenvalue weighted by atomic mass is 10.2. The number of aromatic nitrogens is 1. The maximum Gasteiger partial charge on any atom is 0.324 e. The first-order valence-electron chi connectivity index (χ1n) is 9.02. The number of hydrazone groups is 1. The maximum atomic E-state index is 13.0. The fourth-order valence-corrected chi connectivity index (χ4v) is 5.01. The molecule has 2 heterocycles. The molecule has 4 rings (SSSR count). The van der Waals surface area contributed by atoms with Gasteiger partial charge in [-0.2, -0.15) is 10.1 Å². The van der Waals surface area contributed by atoms with Gasteiger partial charge in [0.1, 0.15) is 0 Å². The zero-order valence-electron chi connectivity index (χ0n) is 16.0. The van der Waals surface area contributed by atoms with Gasteiger partial charge < -0.3 is 0 Å². The molecule has 11 heteroatoms. The third-order valence-corrected chi connectivity index (χ3v) is 6.94. The lowest BCUT2D eigenvalue weighted by molar-refractivity contribution is -0.380. The Morgan fingerprint density at radius 3 is 2.75 bits per heavy atom. The van der Waals surface area contributed by atoms with Crippen LogP contribution in [0.2, 0.25) is 5.02 Å². The predicted molar refractivity (Wildman–Crippen MR) is 134 cm³/mol. The molecule has 0 N–H and O–H groups in total. The molecule has 2 aromatic carbocycles. The first-order valence-corrected chi connectivity index (χ1v) is 11.8. The van der Waals surface area contributed by atoms with Crippen molar-refractivity contribution in [3.63, 3.8) is 0 Å². The normalized spacial score (nSPS) is 11.6. The molecule has 0 saturated heterocycles. The molecule has 0 fully saturated rings. The van der Waals surface area contributed by atoms with E-state index in [-0.39, 0.29) is 5.00 Å². The Hall–Kier alpha value is -2.92. The van der Waals surface area contributed by atoms with Crippen molar-refractivity contribution in [2.24, 2.45) is 5.10 Å². The average Bonchev–Trinajstić information content (AvgIpc) is 3.40. The minimum atomic E-state index is -0.470. The second-order valence-electron chi connectivity index (χ2n) is 6.29. The fraction of sp³-hybridized carbons (Fsp3) is 0. The number of fused-ring (bicyclic) bond motifs is 1. The topological polar surface area (TPSA) is 88.7 Å². The van der Waals surface area contributed by atoms with Crippen molar-refractivity contribution >= 4 is 88.8 Å². The van der Waals surface area contributed by atoms with E-state index in [4.69, 9.17) is 11.6 Å². The number of rotatable bonds is 6. The van der Waals surface area contributed by atoms with Crippen molar-refractivity contribution in [2.45, 2.75) is 0 Å². The number of hydrogen-bond donors (Lipinski definition) is 0. The Bertz CT molecular complexity index is 1380. The van der Waals surface area contributed by atoms with Crippen molar-refractivity contribution in [1.29, 1.82) is 0 Å². The van der Waals surface area contributed by atoms with Gasteiger partial charge in [-0.15, -0.1) is 0 Å². The number of carbonyl (C=O) groups excluding carboxylic acids is 1. The van der Waals surface area contributed by atoms with Crippen molar-refractivity contribution in [1.82, 2.24) is 4.98 Å². The van der Waals surface area contributed by atoms with Gasteiger partial charge in [0.2, 0.25) is 5.13 Å². The summed E-state index contributed by atoms with van der Waals surface area (Å²) < 4.78 is 1.77. The summed E-state index contributed by atoms with van der Waals surface area (Å²) >= 11 is 11.9. The summed E-state index contributed by atoms with van der Waals surface area (Å²) in [6.45, 7) is 0. The molecule has 0 spiro atoms. The Balaban J connectivity index is 1.69. The summed E-state index contributed by atoms with van der Waals surface area (Å²) in [6.07, 6.45) is 4.37. The van der Waals surface area contributed by atoms with E-state index >= 15 is 0 Å². The van der Waals surface area contributed by atoms with Gasteiger partial charge in [-0.05, 0) is 42.0 Å². The average molecular weight is 548 g/mol. The SMILES string of the molecule is O=C(/C=C/c1ccccc1Cl)N(/N=C/c1ccc([N+](=O)[O-])s1)c1nc2ccc(Br)cc2s1. The highest BCUT2D eigenvalue weighted by Crippen LogP contribution is 2.32. The van der Waals surface area contributed by atoms with Crippen LogP contribution in [-0.2, 0) is 4.79 Å². The van der Waals surface area contributed by atoms with Gasteiger partial charge in [0, 0.05) is 21.6 Å². The largest absolute Gasteiger partial charge is 0.324 e. The number of amides is 1. The van der Waals surface area contributed by atoms with Crippen LogP contribution in [0.1, 0.15) is 10.4 Å². The molecule has 0 radical (unpaired) electrons. The summed E-state index contributed by atoms with van der Waals surface area (Å²) in [5.41, 5.74) is 1.41. The van der Waals surface area contributed by atoms with E-state index in [2.05, 4.69) is 26.0 Å². The Labute approximate surface area is 203 Å². The summed E-state index contributed by atoms with van der Waals surface area (Å²) in [6, 6.07) is 15.7. The number of hydrogen-bond acceptors (Lipinski definition) is 7. The number of benzene rings is 2. The molecule has 0 saturated carbocycles. The molecule has 0 aliphatic carbocycles. The summed E-state index contributed by atoms with van der Waals surface area (Å²) in [5, 5.41) is 17.3. The highest BCUT2D eigenvalue weighted by atomic mass is 79.9. The lowest BCUT2D eigenvalue weighted by Crippen LogP contribution is -2.23. The number of halogens is 2. The van der Waals surface area contributed by atoms with Crippen LogP contribution < -0.4 is 5.01 Å². The van der Waals surface area contributed by atoms with E-state index in [0.717, 1.165) is 31.0 Å². The molecule has 0 aliphatic heterocycles. The highest BCUT2D eigenvalue weighted by molar-refractivity contribution is 9.10. The van der Waals surface area contributed by atoms with E-state index in [9.17, 15) is 14.9 Å². The summed E-state index contributed by atoms with van der Waals surface area (Å²) in [4.78, 5) is 28.6. The Kier molecular flexibility index (Phi) is 6.75. The van der Waals surface area contributed by atoms with Gasteiger partial charge >= 0.3 is 5.00 Å². The van der Waals surface area contributed by atoms with Gasteiger partial charge in [0.15, 0.2) is 0 Å². The van der Waals surface area contributed by atoms with E-state index < -0.39 is 10.8 Å². The zero-order chi connectivity index (χ0) is 22.7. The highest BCUT2D eigenvalue weighted by Gasteiger charge is 2.18. The van der Waals surface area contributed by atoms with Crippen molar-refractivity contribution in [3.8, 4) is 0 Å². The minimum absolute atomic E-state index is 0.00669. The van der Waals surface area contributed by atoms with Crippen LogP contribution in [0.4, 0.5) is 10.1 Å². The van der Waals surface area contributed by atoms with Crippen LogP contribution in [0, 0.1) is 10.1 Å². The standard InChI is InChI=1S/C21H12BrClN4O3S2/c22-14-6-8-17-18(11-14)32-21(25-17)26(24-12-15-7-10-20(31-15)27(29)30)19(28)9-5-13-3-1-2-4-16(13)23/h1-12H/b9-5+,24-12+. The lowest BCUT2D eigenvalue weighted by Gasteiger charge is -2.11. The Morgan fingerprint density at radius 2 is 2.00 bits per heavy atom. The molecule has 7 nitrogen and oxygen atoms in total.